The summed E-state index contributed by atoms with van der Waals surface area (Å²) in [6.45, 7) is 0. The van der Waals surface area contributed by atoms with Crippen molar-refractivity contribution in [3.05, 3.63) is 70.3 Å². The van der Waals surface area contributed by atoms with E-state index in [4.69, 9.17) is 23.2 Å². The van der Waals surface area contributed by atoms with Crippen molar-refractivity contribution < 1.29 is 8.78 Å². The van der Waals surface area contributed by atoms with E-state index >= 15 is 0 Å². The summed E-state index contributed by atoms with van der Waals surface area (Å²) >= 11 is 12.9. The lowest BCUT2D eigenvalue weighted by Gasteiger charge is -2.17. The van der Waals surface area contributed by atoms with Crippen LogP contribution in [0, 0.1) is 17.6 Å². The molecule has 0 saturated carbocycles. The Bertz CT molecular complexity index is 714. The normalized spacial score (nSPS) is 30.0. The smallest absolute Gasteiger partial charge is 0.163 e. The molecule has 4 rings (SSSR count). The number of halogens is 4. The minimum Gasteiger partial charge on any atom is -0.204 e. The van der Waals surface area contributed by atoms with Gasteiger partial charge in [0.2, 0.25) is 0 Å². The highest BCUT2D eigenvalue weighted by molar-refractivity contribution is 6.25. The molecule has 0 aliphatic heterocycles. The molecule has 0 aromatic heterocycles. The molecule has 0 saturated heterocycles. The van der Waals surface area contributed by atoms with E-state index in [2.05, 4.69) is 0 Å². The van der Waals surface area contributed by atoms with Gasteiger partial charge >= 0.3 is 0 Å². The minimum absolute atomic E-state index is 0.0405. The zero-order valence-corrected chi connectivity index (χ0v) is 11.8. The third-order valence-corrected chi connectivity index (χ3v) is 5.50. The largest absolute Gasteiger partial charge is 0.204 e. The summed E-state index contributed by atoms with van der Waals surface area (Å²) in [4.78, 5) is 0. The summed E-state index contributed by atoms with van der Waals surface area (Å²) < 4.78 is 27.5. The van der Waals surface area contributed by atoms with Crippen LogP contribution in [0.5, 0.6) is 0 Å². The van der Waals surface area contributed by atoms with E-state index < -0.39 is 17.0 Å². The van der Waals surface area contributed by atoms with Crippen molar-refractivity contribution in [2.75, 3.05) is 0 Å². The van der Waals surface area contributed by atoms with Gasteiger partial charge in [-0.1, -0.05) is 30.3 Å². The molecule has 20 heavy (non-hydrogen) atoms. The average Bonchev–Trinajstić information content (AvgIpc) is 2.91. The summed E-state index contributed by atoms with van der Waals surface area (Å²) in [7, 11) is 0. The summed E-state index contributed by atoms with van der Waals surface area (Å²) in [5.74, 6) is -1.85. The molecule has 0 heterocycles. The predicted molar refractivity (Wildman–Crippen MR) is 75.3 cm³/mol. The molecule has 0 N–H and O–H groups in total. The number of benzene rings is 2. The summed E-state index contributed by atoms with van der Waals surface area (Å²) in [5.41, 5.74) is 3.17. The molecule has 0 nitrogen and oxygen atoms in total. The first-order valence-electron chi connectivity index (χ1n) is 6.46. The van der Waals surface area contributed by atoms with Crippen molar-refractivity contribution in [3.8, 4) is 0 Å². The van der Waals surface area contributed by atoms with Gasteiger partial charge in [0.1, 0.15) is 0 Å². The van der Waals surface area contributed by atoms with Crippen molar-refractivity contribution in [2.45, 2.75) is 16.7 Å². The lowest BCUT2D eigenvalue weighted by atomic mass is 9.92. The molecule has 2 aliphatic rings. The van der Waals surface area contributed by atoms with Crippen LogP contribution in [0.25, 0.3) is 0 Å². The van der Waals surface area contributed by atoms with Crippen LogP contribution in [0.4, 0.5) is 8.78 Å². The van der Waals surface area contributed by atoms with Crippen LogP contribution >= 0.6 is 23.2 Å². The molecule has 2 aromatic rings. The Morgan fingerprint density at radius 2 is 1.50 bits per heavy atom. The highest BCUT2D eigenvalue weighted by Crippen LogP contribution is 2.63. The first-order chi connectivity index (χ1) is 9.61. The van der Waals surface area contributed by atoms with Crippen LogP contribution in [0.1, 0.15) is 38.9 Å². The van der Waals surface area contributed by atoms with Crippen LogP contribution in [-0.4, -0.2) is 0 Å². The Hall–Kier alpha value is -1.12. The van der Waals surface area contributed by atoms with Gasteiger partial charge in [-0.05, 0) is 22.8 Å². The lowest BCUT2D eigenvalue weighted by Crippen LogP contribution is -2.07. The first-order valence-corrected chi connectivity index (χ1v) is 7.33. The molecule has 0 spiro atoms. The fourth-order valence-electron chi connectivity index (χ4n) is 3.65. The molecule has 4 atom stereocenters. The lowest BCUT2D eigenvalue weighted by molar-refractivity contribution is 0.483. The summed E-state index contributed by atoms with van der Waals surface area (Å²) in [6, 6.07) is 10.7. The SMILES string of the molecule is Fc1ccc2c(c1F)C(Cl)C1C(Cl)c3ccccc3C21. The monoisotopic (exact) mass is 310 g/mol. The van der Waals surface area contributed by atoms with E-state index in [1.807, 2.05) is 24.3 Å². The van der Waals surface area contributed by atoms with E-state index in [-0.39, 0.29) is 22.8 Å². The maximum atomic E-state index is 14.1. The van der Waals surface area contributed by atoms with Crippen molar-refractivity contribution in [2.24, 2.45) is 5.92 Å². The molecule has 102 valence electrons. The molecule has 0 amide bonds. The van der Waals surface area contributed by atoms with Gasteiger partial charge in [-0.15, -0.1) is 23.2 Å². The van der Waals surface area contributed by atoms with E-state index in [0.717, 1.165) is 16.7 Å². The fourth-order valence-corrected chi connectivity index (χ4v) is 4.72. The zero-order valence-electron chi connectivity index (χ0n) is 10.3. The Kier molecular flexibility index (Phi) is 2.64. The fraction of sp³-hybridized carbons (Fsp3) is 0.250. The summed E-state index contributed by atoms with van der Waals surface area (Å²) in [5, 5.41) is -0.867. The second-order valence-electron chi connectivity index (χ2n) is 5.35. The van der Waals surface area contributed by atoms with Crippen LogP contribution < -0.4 is 0 Å². The molecule has 0 radical (unpaired) electrons. The summed E-state index contributed by atoms with van der Waals surface area (Å²) in [6.07, 6.45) is 0. The maximum Gasteiger partial charge on any atom is 0.163 e. The van der Waals surface area contributed by atoms with Crippen molar-refractivity contribution in [1.29, 1.82) is 0 Å². The second-order valence-corrected chi connectivity index (χ2v) is 6.29. The molecular weight excluding hydrogens is 301 g/mol. The second kappa shape index (κ2) is 4.19. The Morgan fingerprint density at radius 3 is 2.25 bits per heavy atom. The number of alkyl halides is 2. The average molecular weight is 311 g/mol. The van der Waals surface area contributed by atoms with Gasteiger partial charge in [-0.3, -0.25) is 0 Å². The van der Waals surface area contributed by atoms with Crippen molar-refractivity contribution in [3.63, 3.8) is 0 Å². The van der Waals surface area contributed by atoms with E-state index in [0.29, 0.717) is 0 Å². The van der Waals surface area contributed by atoms with Gasteiger partial charge in [-0.2, -0.15) is 0 Å². The van der Waals surface area contributed by atoms with E-state index in [9.17, 15) is 8.78 Å². The molecule has 4 heteroatoms. The highest BCUT2D eigenvalue weighted by Gasteiger charge is 2.51. The van der Waals surface area contributed by atoms with Crippen molar-refractivity contribution >= 4 is 23.2 Å². The van der Waals surface area contributed by atoms with Gasteiger partial charge in [0.25, 0.3) is 0 Å². The number of rotatable bonds is 0. The van der Waals surface area contributed by atoms with Crippen LogP contribution in [0.2, 0.25) is 0 Å². The molecule has 4 unspecified atom stereocenters. The topological polar surface area (TPSA) is 0 Å². The first kappa shape index (κ1) is 12.6. The zero-order chi connectivity index (χ0) is 14.0. The van der Waals surface area contributed by atoms with E-state index in [1.165, 1.54) is 6.07 Å². The molecule has 0 fully saturated rings. The third-order valence-electron chi connectivity index (χ3n) is 4.47. The minimum atomic E-state index is -0.853. The Balaban J connectivity index is 1.99. The van der Waals surface area contributed by atoms with Gasteiger partial charge < -0.3 is 0 Å². The maximum absolute atomic E-state index is 14.1. The standard InChI is InChI=1S/C16H10Cl2F2/c17-14-8-4-2-1-3-7(8)11-9-5-6-10(19)16(20)12(9)15(18)13(11)14/h1-6,11,13-15H. The van der Waals surface area contributed by atoms with Crippen LogP contribution in [-0.2, 0) is 0 Å². The van der Waals surface area contributed by atoms with Gasteiger partial charge in [-0.25, -0.2) is 8.78 Å². The Labute approximate surface area is 125 Å². The van der Waals surface area contributed by atoms with Crippen molar-refractivity contribution in [1.82, 2.24) is 0 Å². The van der Waals surface area contributed by atoms with Crippen LogP contribution in [0.3, 0.4) is 0 Å². The quantitative estimate of drug-likeness (QED) is 0.579. The molecule has 2 aromatic carbocycles. The van der Waals surface area contributed by atoms with E-state index in [1.54, 1.807) is 6.07 Å². The number of hydrogen-bond donors (Lipinski definition) is 0. The molecular formula is C16H10Cl2F2. The Morgan fingerprint density at radius 1 is 0.800 bits per heavy atom. The van der Waals surface area contributed by atoms with Gasteiger partial charge in [0.15, 0.2) is 11.6 Å². The molecule has 2 aliphatic carbocycles. The van der Waals surface area contributed by atoms with Crippen LogP contribution in [0.15, 0.2) is 36.4 Å². The number of hydrogen-bond acceptors (Lipinski definition) is 0. The predicted octanol–water partition coefficient (Wildman–Crippen LogP) is 5.30. The van der Waals surface area contributed by atoms with Gasteiger partial charge in [0.05, 0.1) is 10.8 Å². The van der Waals surface area contributed by atoms with Gasteiger partial charge in [0, 0.05) is 17.4 Å². The highest BCUT2D eigenvalue weighted by atomic mass is 35.5. The number of fused-ring (bicyclic) bond motifs is 5. The molecule has 0 bridgehead atoms. The third kappa shape index (κ3) is 1.41.